The molecule has 0 aliphatic carbocycles. The Morgan fingerprint density at radius 1 is 1.07 bits per heavy atom. The molecule has 0 fully saturated rings. The minimum atomic E-state index is -0.476. The third-order valence-electron chi connectivity index (χ3n) is 5.04. The van der Waals surface area contributed by atoms with Crippen LogP contribution in [0, 0.1) is 0 Å². The van der Waals surface area contributed by atoms with E-state index in [-0.39, 0.29) is 5.78 Å². The molecule has 0 aliphatic rings. The summed E-state index contributed by atoms with van der Waals surface area (Å²) in [6, 6.07) is 9.14. The van der Waals surface area contributed by atoms with Gasteiger partial charge in [-0.05, 0) is 19.4 Å². The van der Waals surface area contributed by atoms with Crippen molar-refractivity contribution in [2.45, 2.75) is 19.9 Å². The number of nitrogens with zero attached hydrogens (tertiary/aromatic N) is 5. The van der Waals surface area contributed by atoms with Crippen molar-refractivity contribution in [3.63, 3.8) is 0 Å². The number of aromatic nitrogens is 5. The van der Waals surface area contributed by atoms with Gasteiger partial charge in [0, 0.05) is 20.3 Å². The lowest BCUT2D eigenvalue weighted by molar-refractivity contribution is -0.119. The number of carbonyl (C=O) groups excluding carboxylic acids is 1. The average Bonchev–Trinajstić information content (AvgIpc) is 3.20. The summed E-state index contributed by atoms with van der Waals surface area (Å²) in [5, 5.41) is 0. The molecule has 0 bridgehead atoms. The van der Waals surface area contributed by atoms with E-state index in [4.69, 9.17) is 0 Å². The van der Waals surface area contributed by atoms with Crippen LogP contribution in [0.4, 0.5) is 0 Å². The van der Waals surface area contributed by atoms with Crippen LogP contribution in [-0.4, -0.2) is 28.9 Å². The number of carbonyl (C=O) groups is 1. The van der Waals surface area contributed by atoms with Crippen LogP contribution in [0.1, 0.15) is 19.9 Å². The quantitative estimate of drug-likeness (QED) is 0.551. The fourth-order valence-electron chi connectivity index (χ4n) is 3.37. The molecule has 0 unspecified atom stereocenters. The number of hydrogen-bond donors (Lipinski definition) is 0. The Hall–Kier alpha value is -3.42. The van der Waals surface area contributed by atoms with E-state index < -0.39 is 17.3 Å². The summed E-state index contributed by atoms with van der Waals surface area (Å²) < 4.78 is 5.87. The third kappa shape index (κ3) is 2.29. The minimum Gasteiger partial charge on any atom is -0.299 e. The van der Waals surface area contributed by atoms with E-state index in [9.17, 15) is 14.4 Å². The number of benzene rings is 1. The van der Waals surface area contributed by atoms with Crippen LogP contribution in [0.25, 0.3) is 28.2 Å². The summed E-state index contributed by atoms with van der Waals surface area (Å²) in [6.07, 6.45) is 1.80. The smallest absolute Gasteiger partial charge is 0.299 e. The number of Topliss-reactive ketones (excluding diaryl/α,β-unsaturated/α-hetero) is 1. The zero-order valence-corrected chi connectivity index (χ0v) is 15.5. The molecule has 3 aromatic heterocycles. The largest absolute Gasteiger partial charge is 0.332 e. The number of ketones is 1. The Bertz CT molecular complexity index is 1320. The van der Waals surface area contributed by atoms with Gasteiger partial charge >= 0.3 is 5.69 Å². The molecule has 0 aliphatic heterocycles. The van der Waals surface area contributed by atoms with Gasteiger partial charge in [0.25, 0.3) is 5.56 Å². The first-order chi connectivity index (χ1) is 12.8. The van der Waals surface area contributed by atoms with Crippen LogP contribution in [-0.2, 0) is 18.9 Å². The van der Waals surface area contributed by atoms with Gasteiger partial charge in [-0.2, -0.15) is 4.98 Å². The van der Waals surface area contributed by atoms with Crippen LogP contribution in [0.15, 0.2) is 46.1 Å². The summed E-state index contributed by atoms with van der Waals surface area (Å²) in [7, 11) is 3.02. The van der Waals surface area contributed by atoms with Crippen molar-refractivity contribution in [1.29, 1.82) is 0 Å². The Kier molecular flexibility index (Phi) is 3.66. The zero-order valence-electron chi connectivity index (χ0n) is 15.5. The van der Waals surface area contributed by atoms with Crippen LogP contribution < -0.4 is 11.2 Å². The van der Waals surface area contributed by atoms with E-state index in [1.807, 2.05) is 34.9 Å². The highest BCUT2D eigenvalue weighted by atomic mass is 16.2. The second-order valence-corrected chi connectivity index (χ2v) is 6.70. The Morgan fingerprint density at radius 2 is 1.74 bits per heavy atom. The van der Waals surface area contributed by atoms with Crippen molar-refractivity contribution in [3.8, 4) is 11.3 Å². The van der Waals surface area contributed by atoms with E-state index in [2.05, 4.69) is 4.98 Å². The fourth-order valence-corrected chi connectivity index (χ4v) is 3.37. The molecular formula is C19H19N5O3. The third-order valence-corrected chi connectivity index (χ3v) is 5.04. The van der Waals surface area contributed by atoms with Crippen LogP contribution in [0.2, 0.25) is 0 Å². The number of imidazole rings is 2. The molecule has 1 atom stereocenters. The van der Waals surface area contributed by atoms with E-state index in [0.717, 1.165) is 15.8 Å². The first kappa shape index (κ1) is 17.0. The van der Waals surface area contributed by atoms with Crippen LogP contribution >= 0.6 is 0 Å². The number of fused-ring (bicyclic) bond motifs is 3. The molecule has 4 rings (SSSR count). The van der Waals surface area contributed by atoms with Crippen molar-refractivity contribution in [3.05, 3.63) is 57.4 Å². The maximum absolute atomic E-state index is 12.7. The van der Waals surface area contributed by atoms with Gasteiger partial charge in [0.05, 0.1) is 11.7 Å². The van der Waals surface area contributed by atoms with Gasteiger partial charge in [-0.1, -0.05) is 30.3 Å². The van der Waals surface area contributed by atoms with Crippen molar-refractivity contribution < 1.29 is 4.79 Å². The first-order valence-corrected chi connectivity index (χ1v) is 8.57. The van der Waals surface area contributed by atoms with Crippen LogP contribution in [0.5, 0.6) is 0 Å². The van der Waals surface area contributed by atoms with Gasteiger partial charge in [0.2, 0.25) is 5.78 Å². The number of aryl methyl sites for hydroxylation is 1. The minimum absolute atomic E-state index is 0.0286. The van der Waals surface area contributed by atoms with Gasteiger partial charge in [0.1, 0.15) is 0 Å². The molecule has 27 heavy (non-hydrogen) atoms. The molecule has 0 saturated heterocycles. The summed E-state index contributed by atoms with van der Waals surface area (Å²) in [5.41, 5.74) is 1.42. The topological polar surface area (TPSA) is 83.3 Å². The van der Waals surface area contributed by atoms with Gasteiger partial charge in [-0.3, -0.25) is 27.7 Å². The standard InChI is InChI=1S/C19H19N5O3/c1-11(12(2)25)24-14(13-8-6-5-7-9-13)10-23-15-16(20-18(23)24)21(3)19(27)22(4)17(15)26/h5-11H,1-4H3/t11-/m0/s1. The molecule has 4 aromatic rings. The second-order valence-electron chi connectivity index (χ2n) is 6.70. The fraction of sp³-hybridized carbons (Fsp3) is 0.263. The van der Waals surface area contributed by atoms with Crippen molar-refractivity contribution in [2.24, 2.45) is 14.1 Å². The monoisotopic (exact) mass is 365 g/mol. The highest BCUT2D eigenvalue weighted by Crippen LogP contribution is 2.28. The molecule has 0 saturated carbocycles. The van der Waals surface area contributed by atoms with Gasteiger partial charge in [-0.15, -0.1) is 0 Å². The van der Waals surface area contributed by atoms with Gasteiger partial charge in [-0.25, -0.2) is 4.79 Å². The molecule has 1 aromatic carbocycles. The van der Waals surface area contributed by atoms with E-state index >= 15 is 0 Å². The Labute approximate surface area is 153 Å². The van der Waals surface area contributed by atoms with Crippen LogP contribution in [0.3, 0.4) is 0 Å². The summed E-state index contributed by atoms with van der Waals surface area (Å²) in [4.78, 5) is 41.7. The van der Waals surface area contributed by atoms with Crippen molar-refractivity contribution >= 4 is 22.7 Å². The molecular weight excluding hydrogens is 346 g/mol. The predicted octanol–water partition coefficient (Wildman–Crippen LogP) is 1.50. The molecule has 0 radical (unpaired) electrons. The predicted molar refractivity (Wildman–Crippen MR) is 102 cm³/mol. The molecule has 3 heterocycles. The molecule has 0 spiro atoms. The highest BCUT2D eigenvalue weighted by molar-refractivity contribution is 5.83. The summed E-state index contributed by atoms with van der Waals surface area (Å²) in [5.74, 6) is 0.420. The summed E-state index contributed by atoms with van der Waals surface area (Å²) >= 11 is 0. The lowest BCUT2D eigenvalue weighted by atomic mass is 10.1. The Morgan fingerprint density at radius 3 is 2.37 bits per heavy atom. The highest BCUT2D eigenvalue weighted by Gasteiger charge is 2.24. The lowest BCUT2D eigenvalue weighted by Gasteiger charge is -2.14. The molecule has 8 nitrogen and oxygen atoms in total. The van der Waals surface area contributed by atoms with E-state index in [1.54, 1.807) is 24.6 Å². The van der Waals surface area contributed by atoms with E-state index in [0.29, 0.717) is 16.9 Å². The zero-order chi connectivity index (χ0) is 19.5. The van der Waals surface area contributed by atoms with Crippen molar-refractivity contribution in [1.82, 2.24) is 23.1 Å². The normalized spacial score (nSPS) is 12.7. The molecule has 0 amide bonds. The maximum atomic E-state index is 12.7. The maximum Gasteiger partial charge on any atom is 0.332 e. The Balaban J connectivity index is 2.21. The van der Waals surface area contributed by atoms with Crippen molar-refractivity contribution in [2.75, 3.05) is 0 Å². The SMILES string of the molecule is CC(=O)[C@H](C)n1c(-c2ccccc2)cn2c3c(=O)n(C)c(=O)n(C)c3nc12. The molecule has 138 valence electrons. The number of hydrogen-bond acceptors (Lipinski definition) is 4. The van der Waals surface area contributed by atoms with Gasteiger partial charge < -0.3 is 0 Å². The first-order valence-electron chi connectivity index (χ1n) is 8.57. The van der Waals surface area contributed by atoms with E-state index in [1.165, 1.54) is 18.5 Å². The van der Waals surface area contributed by atoms with Gasteiger partial charge in [0.15, 0.2) is 16.9 Å². The summed E-state index contributed by atoms with van der Waals surface area (Å²) in [6.45, 7) is 3.32. The number of rotatable bonds is 3. The molecule has 0 N–H and O–H groups in total. The lowest BCUT2D eigenvalue weighted by Crippen LogP contribution is -2.37. The second kappa shape index (κ2) is 5.80. The molecule has 8 heteroatoms. The average molecular weight is 365 g/mol.